The molecule has 164 valence electrons. The maximum atomic E-state index is 13.4. The number of aromatic nitrogens is 1. The van der Waals surface area contributed by atoms with Crippen LogP contribution in [-0.2, 0) is 16.6 Å². The Kier molecular flexibility index (Phi) is 5.88. The fourth-order valence-electron chi connectivity index (χ4n) is 4.48. The van der Waals surface area contributed by atoms with E-state index in [9.17, 15) is 4.79 Å². The molecule has 0 aliphatic carbocycles. The summed E-state index contributed by atoms with van der Waals surface area (Å²) in [7, 11) is 2.03. The van der Waals surface area contributed by atoms with Crippen LogP contribution in [0.1, 0.15) is 17.5 Å². The molecule has 0 N–H and O–H groups in total. The highest BCUT2D eigenvalue weighted by Crippen LogP contribution is 2.27. The monoisotopic (exact) mass is 428 g/mol. The minimum atomic E-state index is -0.0289. The zero-order valence-corrected chi connectivity index (χ0v) is 18.4. The molecular formula is C26H28N4O2. The quantitative estimate of drug-likeness (QED) is 0.565. The van der Waals surface area contributed by atoms with Gasteiger partial charge < -0.3 is 9.30 Å². The van der Waals surface area contributed by atoms with Crippen LogP contribution in [0.15, 0.2) is 71.5 Å². The van der Waals surface area contributed by atoms with Crippen molar-refractivity contribution < 1.29 is 9.53 Å². The molecule has 2 aliphatic rings. The van der Waals surface area contributed by atoms with Crippen LogP contribution in [0.25, 0.3) is 17.0 Å². The normalized spacial score (nSPS) is 18.7. The number of ether oxygens (including phenoxy) is 1. The van der Waals surface area contributed by atoms with Crippen molar-refractivity contribution in [2.75, 3.05) is 39.4 Å². The molecule has 1 fully saturated rings. The molecule has 1 amide bonds. The van der Waals surface area contributed by atoms with E-state index in [1.807, 2.05) is 60.5 Å². The third-order valence-corrected chi connectivity index (χ3v) is 6.16. The van der Waals surface area contributed by atoms with Gasteiger partial charge in [0, 0.05) is 61.5 Å². The lowest BCUT2D eigenvalue weighted by molar-refractivity contribution is -0.122. The number of aryl methyl sites for hydroxylation is 1. The van der Waals surface area contributed by atoms with E-state index < -0.39 is 0 Å². The van der Waals surface area contributed by atoms with Crippen molar-refractivity contribution in [3.8, 4) is 0 Å². The van der Waals surface area contributed by atoms with Crippen LogP contribution in [0.3, 0.4) is 0 Å². The van der Waals surface area contributed by atoms with Gasteiger partial charge in [0.05, 0.1) is 13.2 Å². The Balaban J connectivity index is 1.42. The van der Waals surface area contributed by atoms with Crippen LogP contribution in [-0.4, -0.2) is 65.5 Å². The maximum Gasteiger partial charge on any atom is 0.278 e. The summed E-state index contributed by atoms with van der Waals surface area (Å²) in [5.74, 6) is 0.711. The summed E-state index contributed by atoms with van der Waals surface area (Å²) in [5, 5.41) is 1.12. The molecule has 2 aliphatic heterocycles. The molecule has 6 nitrogen and oxygen atoms in total. The molecule has 6 heteroatoms. The number of nitrogens with zero attached hydrogens (tertiary/aromatic N) is 4. The maximum absolute atomic E-state index is 13.4. The predicted octanol–water partition coefficient (Wildman–Crippen LogP) is 3.53. The van der Waals surface area contributed by atoms with E-state index >= 15 is 0 Å². The second kappa shape index (κ2) is 9.10. The van der Waals surface area contributed by atoms with Gasteiger partial charge in [0.2, 0.25) is 0 Å². The van der Waals surface area contributed by atoms with Crippen LogP contribution in [0, 0.1) is 0 Å². The van der Waals surface area contributed by atoms with Crippen molar-refractivity contribution in [1.29, 1.82) is 0 Å². The van der Waals surface area contributed by atoms with Gasteiger partial charge in [0.25, 0.3) is 5.91 Å². The highest BCUT2D eigenvalue weighted by Gasteiger charge is 2.31. The summed E-state index contributed by atoms with van der Waals surface area (Å²) in [6, 6.07) is 18.2. The summed E-state index contributed by atoms with van der Waals surface area (Å²) in [5.41, 5.74) is 3.61. The number of aliphatic imine (C=N–C) groups is 1. The Labute approximate surface area is 188 Å². The lowest BCUT2D eigenvalue weighted by atomic mass is 10.1. The van der Waals surface area contributed by atoms with Gasteiger partial charge in [0.15, 0.2) is 0 Å². The molecule has 1 saturated heterocycles. The van der Waals surface area contributed by atoms with Crippen molar-refractivity contribution in [3.05, 3.63) is 77.6 Å². The topological polar surface area (TPSA) is 50.1 Å². The van der Waals surface area contributed by atoms with Crippen LogP contribution < -0.4 is 0 Å². The van der Waals surface area contributed by atoms with Crippen LogP contribution in [0.2, 0.25) is 0 Å². The first-order chi connectivity index (χ1) is 15.7. The van der Waals surface area contributed by atoms with Crippen molar-refractivity contribution in [1.82, 2.24) is 14.4 Å². The summed E-state index contributed by atoms with van der Waals surface area (Å²) in [6.45, 7) is 5.10. The number of hydrogen-bond acceptors (Lipinski definition) is 4. The molecule has 2 aromatic carbocycles. The number of carbonyl (C=O) groups excluding carboxylic acids is 1. The largest absolute Gasteiger partial charge is 0.379 e. The van der Waals surface area contributed by atoms with E-state index in [0.717, 1.165) is 67.1 Å². The minimum Gasteiger partial charge on any atom is -0.379 e. The van der Waals surface area contributed by atoms with E-state index in [1.54, 1.807) is 0 Å². The zero-order valence-electron chi connectivity index (χ0n) is 18.4. The van der Waals surface area contributed by atoms with Crippen molar-refractivity contribution >= 4 is 28.7 Å². The smallest absolute Gasteiger partial charge is 0.278 e. The Morgan fingerprint density at radius 1 is 1.00 bits per heavy atom. The molecule has 5 rings (SSSR count). The Morgan fingerprint density at radius 2 is 1.75 bits per heavy atom. The summed E-state index contributed by atoms with van der Waals surface area (Å²) in [4.78, 5) is 22.5. The fourth-order valence-corrected chi connectivity index (χ4v) is 4.48. The predicted molar refractivity (Wildman–Crippen MR) is 127 cm³/mol. The molecule has 0 spiro atoms. The zero-order chi connectivity index (χ0) is 21.9. The van der Waals surface area contributed by atoms with E-state index in [2.05, 4.69) is 27.8 Å². The molecule has 0 radical (unpaired) electrons. The first-order valence-corrected chi connectivity index (χ1v) is 11.2. The van der Waals surface area contributed by atoms with Crippen molar-refractivity contribution in [3.63, 3.8) is 0 Å². The second-order valence-corrected chi connectivity index (χ2v) is 8.31. The molecule has 0 atom stereocenters. The lowest BCUT2D eigenvalue weighted by Gasteiger charge is -2.27. The molecule has 3 aromatic rings. The number of morpholine rings is 1. The first kappa shape index (κ1) is 20.7. The molecule has 0 bridgehead atoms. The van der Waals surface area contributed by atoms with E-state index in [1.165, 1.54) is 0 Å². The third-order valence-electron chi connectivity index (χ3n) is 6.16. The van der Waals surface area contributed by atoms with Crippen LogP contribution >= 0.6 is 0 Å². The number of benzene rings is 2. The third kappa shape index (κ3) is 4.11. The van der Waals surface area contributed by atoms with E-state index in [0.29, 0.717) is 12.2 Å². The SMILES string of the molecule is Cn1cc(/C=C2/N=C(c3ccccc3)N(CCCN3CCOCC3)C2=O)c2ccccc21. The van der Waals surface area contributed by atoms with Gasteiger partial charge in [0.1, 0.15) is 11.5 Å². The molecular weight excluding hydrogens is 400 g/mol. The van der Waals surface area contributed by atoms with Gasteiger partial charge in [-0.05, 0) is 18.6 Å². The molecule has 3 heterocycles. The molecule has 0 saturated carbocycles. The van der Waals surface area contributed by atoms with Crippen LogP contribution in [0.5, 0.6) is 0 Å². The highest BCUT2D eigenvalue weighted by atomic mass is 16.5. The lowest BCUT2D eigenvalue weighted by Crippen LogP contribution is -2.39. The minimum absolute atomic E-state index is 0.0289. The number of carbonyl (C=O) groups is 1. The van der Waals surface area contributed by atoms with Gasteiger partial charge in [-0.15, -0.1) is 0 Å². The number of amidine groups is 1. The van der Waals surface area contributed by atoms with Gasteiger partial charge in [-0.1, -0.05) is 48.5 Å². The number of para-hydroxylation sites is 1. The standard InChI is InChI=1S/C26H28N4O2/c1-28-19-21(22-10-5-6-11-24(22)28)18-23-26(31)30(13-7-12-29-14-16-32-17-15-29)25(27-23)20-8-3-2-4-9-20/h2-6,8-11,18-19H,7,12-17H2,1H3/b23-18+. The van der Waals surface area contributed by atoms with E-state index in [4.69, 9.17) is 9.73 Å². The second-order valence-electron chi connectivity index (χ2n) is 8.31. The molecule has 1 aromatic heterocycles. The average Bonchev–Trinajstić information content (AvgIpc) is 3.32. The summed E-state index contributed by atoms with van der Waals surface area (Å²) in [6.07, 6.45) is 4.89. The Morgan fingerprint density at radius 3 is 2.56 bits per heavy atom. The van der Waals surface area contributed by atoms with Crippen molar-refractivity contribution in [2.45, 2.75) is 6.42 Å². The highest BCUT2D eigenvalue weighted by molar-refractivity contribution is 6.20. The Hall–Kier alpha value is -3.22. The average molecular weight is 429 g/mol. The van der Waals surface area contributed by atoms with Gasteiger partial charge in [-0.25, -0.2) is 4.99 Å². The summed E-state index contributed by atoms with van der Waals surface area (Å²) < 4.78 is 7.53. The van der Waals surface area contributed by atoms with Gasteiger partial charge in [-0.3, -0.25) is 14.6 Å². The number of fused-ring (bicyclic) bond motifs is 1. The first-order valence-electron chi connectivity index (χ1n) is 11.2. The number of hydrogen-bond donors (Lipinski definition) is 0. The van der Waals surface area contributed by atoms with Crippen LogP contribution in [0.4, 0.5) is 0 Å². The number of amides is 1. The molecule has 0 unspecified atom stereocenters. The Bertz CT molecular complexity index is 1170. The fraction of sp³-hybridized carbons (Fsp3) is 0.308. The number of rotatable bonds is 6. The van der Waals surface area contributed by atoms with Gasteiger partial charge >= 0.3 is 0 Å². The van der Waals surface area contributed by atoms with Crippen molar-refractivity contribution in [2.24, 2.45) is 12.0 Å². The summed E-state index contributed by atoms with van der Waals surface area (Å²) >= 11 is 0. The molecule has 32 heavy (non-hydrogen) atoms. The van der Waals surface area contributed by atoms with Gasteiger partial charge in [-0.2, -0.15) is 0 Å². The van der Waals surface area contributed by atoms with E-state index in [-0.39, 0.29) is 5.91 Å².